The SMILES string of the molecule is Oc1ccc(/C=C/c2cc(C#Cc3cc(C(F)(F)F)cc(C(F)(F)F)c3)c(/C=C/c3ccc(O)cc3)cc2C#Cc2cc(C(F)(F)F)cc(C(F)(F)F)c2)cc1. The van der Waals surface area contributed by atoms with E-state index in [1.165, 1.54) is 85.0 Å². The van der Waals surface area contributed by atoms with Gasteiger partial charge in [0.25, 0.3) is 0 Å². The molecule has 0 aliphatic rings. The van der Waals surface area contributed by atoms with Crippen LogP contribution >= 0.6 is 0 Å². The maximum Gasteiger partial charge on any atom is 0.416 e. The molecule has 0 aliphatic carbocycles. The van der Waals surface area contributed by atoms with Crippen LogP contribution in [0.3, 0.4) is 0 Å². The highest BCUT2D eigenvalue weighted by atomic mass is 19.4. The number of phenols is 2. The Morgan fingerprint density at radius 1 is 0.357 bits per heavy atom. The number of rotatable bonds is 4. The van der Waals surface area contributed by atoms with Crippen LogP contribution in [-0.2, 0) is 24.7 Å². The number of alkyl halides is 12. The van der Waals surface area contributed by atoms with Crippen LogP contribution < -0.4 is 0 Å². The molecular formula is C42H22F12O2. The van der Waals surface area contributed by atoms with Gasteiger partial charge in [-0.2, -0.15) is 52.7 Å². The summed E-state index contributed by atoms with van der Waals surface area (Å²) in [6.45, 7) is 0. The minimum atomic E-state index is -5.15. The van der Waals surface area contributed by atoms with E-state index in [4.69, 9.17) is 0 Å². The van der Waals surface area contributed by atoms with Crippen LogP contribution in [0, 0.1) is 23.7 Å². The van der Waals surface area contributed by atoms with E-state index >= 15 is 0 Å². The van der Waals surface area contributed by atoms with E-state index in [0.29, 0.717) is 35.4 Å². The minimum Gasteiger partial charge on any atom is -0.508 e. The number of hydrogen-bond donors (Lipinski definition) is 2. The normalized spacial score (nSPS) is 12.4. The molecular weight excluding hydrogens is 764 g/mol. The third-order valence-corrected chi connectivity index (χ3v) is 7.78. The average molecular weight is 787 g/mol. The Kier molecular flexibility index (Phi) is 11.4. The second-order valence-corrected chi connectivity index (χ2v) is 12.0. The summed E-state index contributed by atoms with van der Waals surface area (Å²) in [5, 5.41) is 19.3. The summed E-state index contributed by atoms with van der Waals surface area (Å²) in [4.78, 5) is 0. The van der Waals surface area contributed by atoms with Crippen LogP contribution in [0.25, 0.3) is 24.3 Å². The van der Waals surface area contributed by atoms with Gasteiger partial charge in [0.1, 0.15) is 11.5 Å². The van der Waals surface area contributed by atoms with Gasteiger partial charge in [-0.25, -0.2) is 0 Å². The predicted octanol–water partition coefficient (Wildman–Crippen LogP) is 12.3. The second kappa shape index (κ2) is 15.7. The van der Waals surface area contributed by atoms with Crippen molar-refractivity contribution in [2.24, 2.45) is 0 Å². The van der Waals surface area contributed by atoms with Crippen molar-refractivity contribution in [2.75, 3.05) is 0 Å². The molecule has 56 heavy (non-hydrogen) atoms. The monoisotopic (exact) mass is 786 g/mol. The summed E-state index contributed by atoms with van der Waals surface area (Å²) in [5.74, 6) is 9.71. The third kappa shape index (κ3) is 10.8. The fourth-order valence-corrected chi connectivity index (χ4v) is 5.00. The standard InChI is InChI=1S/C42H22F12O2/c43-39(44,45)33-17-27(18-34(23-33)40(46,47)48)3-11-31-22-30(10-2-26-7-15-38(56)16-8-26)32(21-29(31)9-1-25-5-13-37(55)14-6-25)12-4-28-19-35(41(49,50)51)24-36(20-28)42(52,53)54/h1-2,5-10,13-24,55-56H/b9-1+,10-2+. The summed E-state index contributed by atoms with van der Waals surface area (Å²) in [5.41, 5.74) is -6.38. The van der Waals surface area contributed by atoms with Crippen LogP contribution in [0.2, 0.25) is 0 Å². The molecule has 5 aromatic rings. The van der Waals surface area contributed by atoms with Crippen LogP contribution in [0.15, 0.2) is 97.1 Å². The molecule has 5 aromatic carbocycles. The highest BCUT2D eigenvalue weighted by Gasteiger charge is 2.38. The van der Waals surface area contributed by atoms with Gasteiger partial charge in [0, 0.05) is 22.3 Å². The number of halogens is 12. The Balaban J connectivity index is 1.75. The lowest BCUT2D eigenvalue weighted by molar-refractivity contribution is -0.144. The Morgan fingerprint density at radius 2 is 0.643 bits per heavy atom. The Hall–Kier alpha value is -6.54. The van der Waals surface area contributed by atoms with Gasteiger partial charge < -0.3 is 10.2 Å². The molecule has 0 radical (unpaired) electrons. The van der Waals surface area contributed by atoms with E-state index in [0.717, 1.165) is 0 Å². The maximum absolute atomic E-state index is 13.6. The lowest BCUT2D eigenvalue weighted by atomic mass is 9.96. The second-order valence-electron chi connectivity index (χ2n) is 12.0. The van der Waals surface area contributed by atoms with Gasteiger partial charge in [-0.15, -0.1) is 0 Å². The van der Waals surface area contributed by atoms with Gasteiger partial charge in [-0.1, -0.05) is 72.3 Å². The number of phenolic OH excluding ortho intramolecular Hbond substituents is 2. The zero-order valence-electron chi connectivity index (χ0n) is 28.0. The van der Waals surface area contributed by atoms with E-state index in [-0.39, 0.29) is 45.9 Å². The van der Waals surface area contributed by atoms with Crippen LogP contribution in [0.5, 0.6) is 11.5 Å². The molecule has 0 saturated carbocycles. The van der Waals surface area contributed by atoms with Gasteiger partial charge in [0.2, 0.25) is 0 Å². The average Bonchev–Trinajstić information content (AvgIpc) is 3.11. The topological polar surface area (TPSA) is 40.5 Å². The van der Waals surface area contributed by atoms with Gasteiger partial charge in [-0.05, 0) is 95.1 Å². The smallest absolute Gasteiger partial charge is 0.416 e. The first-order chi connectivity index (χ1) is 26.0. The van der Waals surface area contributed by atoms with E-state index in [1.807, 2.05) is 0 Å². The molecule has 5 rings (SSSR count). The first kappa shape index (κ1) is 40.6. The van der Waals surface area contributed by atoms with E-state index in [1.54, 1.807) is 0 Å². The van der Waals surface area contributed by atoms with Crippen molar-refractivity contribution in [1.29, 1.82) is 0 Å². The maximum atomic E-state index is 13.6. The van der Waals surface area contributed by atoms with Gasteiger partial charge in [0.15, 0.2) is 0 Å². The largest absolute Gasteiger partial charge is 0.508 e. The molecule has 286 valence electrons. The molecule has 0 aromatic heterocycles. The Labute approximate surface area is 310 Å². The van der Waals surface area contributed by atoms with Crippen LogP contribution in [0.4, 0.5) is 52.7 Å². The summed E-state index contributed by atoms with van der Waals surface area (Å²) < 4.78 is 163. The van der Waals surface area contributed by atoms with Gasteiger partial charge in [-0.3, -0.25) is 0 Å². The molecule has 0 fully saturated rings. The number of hydrogen-bond acceptors (Lipinski definition) is 2. The van der Waals surface area contributed by atoms with E-state index in [9.17, 15) is 62.9 Å². The molecule has 0 saturated heterocycles. The first-order valence-electron chi connectivity index (χ1n) is 15.8. The highest BCUT2D eigenvalue weighted by molar-refractivity contribution is 5.80. The van der Waals surface area contributed by atoms with Crippen molar-refractivity contribution in [1.82, 2.24) is 0 Å². The molecule has 2 N–H and O–H groups in total. The zero-order chi connectivity index (χ0) is 41.1. The molecule has 0 atom stereocenters. The summed E-state index contributed by atoms with van der Waals surface area (Å²) in [6.07, 6.45) is -14.8. The van der Waals surface area contributed by atoms with Gasteiger partial charge >= 0.3 is 24.7 Å². The van der Waals surface area contributed by atoms with Crippen molar-refractivity contribution in [3.63, 3.8) is 0 Å². The van der Waals surface area contributed by atoms with Crippen LogP contribution in [-0.4, -0.2) is 10.2 Å². The Bertz CT molecular complexity index is 2190. The zero-order valence-corrected chi connectivity index (χ0v) is 28.0. The summed E-state index contributed by atoms with van der Waals surface area (Å²) >= 11 is 0. The minimum absolute atomic E-state index is 0.0142. The summed E-state index contributed by atoms with van der Waals surface area (Å²) in [7, 11) is 0. The quantitative estimate of drug-likeness (QED) is 0.108. The predicted molar refractivity (Wildman–Crippen MR) is 185 cm³/mol. The van der Waals surface area contributed by atoms with Crippen molar-refractivity contribution in [2.45, 2.75) is 24.7 Å². The Morgan fingerprint density at radius 3 is 0.911 bits per heavy atom. The van der Waals surface area contributed by atoms with Crippen molar-refractivity contribution in [3.8, 4) is 35.2 Å². The molecule has 2 nitrogen and oxygen atoms in total. The fourth-order valence-electron chi connectivity index (χ4n) is 5.00. The van der Waals surface area contributed by atoms with Crippen molar-refractivity contribution < 1.29 is 62.9 Å². The molecule has 0 heterocycles. The van der Waals surface area contributed by atoms with E-state index < -0.39 is 58.1 Å². The van der Waals surface area contributed by atoms with Crippen molar-refractivity contribution >= 4 is 24.3 Å². The van der Waals surface area contributed by atoms with E-state index in [2.05, 4.69) is 23.7 Å². The lowest BCUT2D eigenvalue weighted by Crippen LogP contribution is -2.11. The van der Waals surface area contributed by atoms with Crippen LogP contribution in [0.1, 0.15) is 66.8 Å². The third-order valence-electron chi connectivity index (χ3n) is 7.78. The van der Waals surface area contributed by atoms with Gasteiger partial charge in [0.05, 0.1) is 22.3 Å². The van der Waals surface area contributed by atoms with Crippen molar-refractivity contribution in [3.05, 3.63) is 164 Å². The molecule has 0 aliphatic heterocycles. The highest BCUT2D eigenvalue weighted by Crippen LogP contribution is 2.38. The molecule has 0 bridgehead atoms. The fraction of sp³-hybridized carbons (Fsp3) is 0.0952. The number of aromatic hydroxyl groups is 2. The molecule has 0 spiro atoms. The summed E-state index contributed by atoms with van der Waals surface area (Å²) in [6, 6.07) is 15.7. The molecule has 14 heteroatoms. The molecule has 0 unspecified atom stereocenters. The first-order valence-corrected chi connectivity index (χ1v) is 15.8. The molecule has 0 amide bonds. The number of benzene rings is 5. The lowest BCUT2D eigenvalue weighted by Gasteiger charge is -2.12.